The quantitative estimate of drug-likeness (QED) is 0.911. The lowest BCUT2D eigenvalue weighted by Gasteiger charge is -2.46. The molecule has 24 heavy (non-hydrogen) atoms. The molecule has 2 unspecified atom stereocenters. The van der Waals surface area contributed by atoms with Crippen LogP contribution in [0.25, 0.3) is 11.2 Å². The SMILES string of the molecule is Cn1c(=O)n(CC(C)(C)C)c2ccc(N3CC4CCC3CN4)nc21. The molecule has 0 aromatic carbocycles. The first-order valence-corrected chi connectivity index (χ1v) is 8.90. The third-order valence-corrected chi connectivity index (χ3v) is 5.24. The van der Waals surface area contributed by atoms with E-state index in [1.807, 2.05) is 11.6 Å². The zero-order valence-electron chi connectivity index (χ0n) is 15.0. The number of fused-ring (bicyclic) bond motifs is 4. The number of nitrogens with one attached hydrogen (secondary N) is 1. The maximum Gasteiger partial charge on any atom is 0.330 e. The Morgan fingerprint density at radius 3 is 2.67 bits per heavy atom. The molecule has 3 aliphatic rings. The Kier molecular flexibility index (Phi) is 3.49. The van der Waals surface area contributed by atoms with Crippen LogP contribution in [0.2, 0.25) is 0 Å². The number of nitrogens with zero attached hydrogens (tertiary/aromatic N) is 4. The molecule has 0 aliphatic carbocycles. The van der Waals surface area contributed by atoms with Crippen LogP contribution in [-0.2, 0) is 13.6 Å². The van der Waals surface area contributed by atoms with Crippen LogP contribution in [0.5, 0.6) is 0 Å². The van der Waals surface area contributed by atoms with Crippen molar-refractivity contribution in [2.24, 2.45) is 12.5 Å². The molecule has 0 radical (unpaired) electrons. The number of piperidine rings is 2. The third-order valence-electron chi connectivity index (χ3n) is 5.24. The molecule has 0 saturated carbocycles. The third kappa shape index (κ3) is 2.53. The topological polar surface area (TPSA) is 55.1 Å². The van der Waals surface area contributed by atoms with Gasteiger partial charge < -0.3 is 10.2 Å². The first kappa shape index (κ1) is 15.7. The first-order chi connectivity index (χ1) is 11.3. The summed E-state index contributed by atoms with van der Waals surface area (Å²) in [4.78, 5) is 19.9. The minimum Gasteiger partial charge on any atom is -0.351 e. The maximum atomic E-state index is 12.6. The van der Waals surface area contributed by atoms with Gasteiger partial charge in [0.05, 0.1) is 5.52 Å². The van der Waals surface area contributed by atoms with E-state index in [0.29, 0.717) is 18.6 Å². The predicted octanol–water partition coefficient (Wildman–Crippen LogP) is 1.72. The van der Waals surface area contributed by atoms with E-state index in [1.165, 1.54) is 12.8 Å². The van der Waals surface area contributed by atoms with Crippen LogP contribution in [0.1, 0.15) is 33.6 Å². The number of aryl methyl sites for hydroxylation is 1. The standard InChI is InChI=1S/C18H27N5O/c1-18(2,3)11-23-14-7-8-15(20-16(14)21(4)17(23)24)22-10-12-5-6-13(22)9-19-12/h7-8,12-13,19H,5-6,9-11H2,1-4H3. The van der Waals surface area contributed by atoms with Crippen LogP contribution in [0.4, 0.5) is 5.82 Å². The van der Waals surface area contributed by atoms with Crippen LogP contribution >= 0.6 is 0 Å². The largest absolute Gasteiger partial charge is 0.351 e. The van der Waals surface area contributed by atoms with E-state index in [0.717, 1.165) is 30.1 Å². The number of piperazine rings is 1. The minimum atomic E-state index is 0.0198. The van der Waals surface area contributed by atoms with E-state index >= 15 is 0 Å². The van der Waals surface area contributed by atoms with Gasteiger partial charge in [0.15, 0.2) is 5.65 Å². The smallest absolute Gasteiger partial charge is 0.330 e. The zero-order valence-corrected chi connectivity index (χ0v) is 15.0. The highest BCUT2D eigenvalue weighted by Gasteiger charge is 2.34. The van der Waals surface area contributed by atoms with Crippen molar-refractivity contribution < 1.29 is 0 Å². The molecule has 1 N–H and O–H groups in total. The number of imidazole rings is 1. The molecule has 5 rings (SSSR count). The minimum absolute atomic E-state index is 0.0198. The second kappa shape index (κ2) is 5.34. The van der Waals surface area contributed by atoms with E-state index in [9.17, 15) is 4.79 Å². The van der Waals surface area contributed by atoms with E-state index in [2.05, 4.69) is 43.1 Å². The van der Waals surface area contributed by atoms with Gasteiger partial charge >= 0.3 is 5.69 Å². The summed E-state index contributed by atoms with van der Waals surface area (Å²) >= 11 is 0. The molecule has 3 saturated heterocycles. The van der Waals surface area contributed by atoms with E-state index in [-0.39, 0.29) is 11.1 Å². The Morgan fingerprint density at radius 1 is 1.29 bits per heavy atom. The highest BCUT2D eigenvalue weighted by molar-refractivity contribution is 5.74. The summed E-state index contributed by atoms with van der Waals surface area (Å²) in [7, 11) is 1.82. The molecule has 130 valence electrons. The van der Waals surface area contributed by atoms with Gasteiger partial charge in [-0.1, -0.05) is 20.8 Å². The summed E-state index contributed by atoms with van der Waals surface area (Å²) in [6, 6.07) is 5.25. The van der Waals surface area contributed by atoms with Crippen LogP contribution < -0.4 is 15.9 Å². The van der Waals surface area contributed by atoms with E-state index in [4.69, 9.17) is 4.98 Å². The number of anilines is 1. The summed E-state index contributed by atoms with van der Waals surface area (Å²) in [5, 5.41) is 3.58. The van der Waals surface area contributed by atoms with Crippen molar-refractivity contribution in [3.63, 3.8) is 0 Å². The second-order valence-electron chi connectivity index (χ2n) is 8.49. The van der Waals surface area contributed by atoms with E-state index in [1.54, 1.807) is 4.57 Å². The van der Waals surface area contributed by atoms with Crippen molar-refractivity contribution >= 4 is 17.0 Å². The Morgan fingerprint density at radius 2 is 2.08 bits per heavy atom. The Bertz CT molecular complexity index is 820. The molecule has 5 heterocycles. The van der Waals surface area contributed by atoms with Gasteiger partial charge in [0.1, 0.15) is 5.82 Å². The van der Waals surface area contributed by atoms with Gasteiger partial charge in [-0.05, 0) is 30.4 Å². The molecular formula is C18H27N5O. The number of hydrogen-bond donors (Lipinski definition) is 1. The Labute approximate surface area is 142 Å². The average Bonchev–Trinajstić information content (AvgIpc) is 2.79. The normalized spacial score (nSPS) is 24.1. The second-order valence-corrected chi connectivity index (χ2v) is 8.49. The molecule has 3 fully saturated rings. The van der Waals surface area contributed by atoms with Gasteiger partial charge in [-0.25, -0.2) is 9.78 Å². The van der Waals surface area contributed by atoms with Crippen LogP contribution in [0.15, 0.2) is 16.9 Å². The molecule has 2 aromatic rings. The molecule has 0 amide bonds. The monoisotopic (exact) mass is 329 g/mol. The van der Waals surface area contributed by atoms with Crippen LogP contribution in [-0.4, -0.2) is 39.3 Å². The van der Waals surface area contributed by atoms with Crippen molar-refractivity contribution in [3.8, 4) is 0 Å². The molecule has 2 bridgehead atoms. The maximum absolute atomic E-state index is 12.6. The summed E-state index contributed by atoms with van der Waals surface area (Å²) in [5.74, 6) is 1.00. The molecule has 6 heteroatoms. The summed E-state index contributed by atoms with van der Waals surface area (Å²) in [6.07, 6.45) is 2.48. The Hall–Kier alpha value is -1.82. The lowest BCUT2D eigenvalue weighted by atomic mass is 9.93. The Balaban J connectivity index is 1.76. The first-order valence-electron chi connectivity index (χ1n) is 8.90. The fourth-order valence-corrected chi connectivity index (χ4v) is 4.04. The summed E-state index contributed by atoms with van der Waals surface area (Å²) in [5.41, 5.74) is 1.79. The fraction of sp³-hybridized carbons (Fsp3) is 0.667. The molecule has 0 spiro atoms. The summed E-state index contributed by atoms with van der Waals surface area (Å²) in [6.45, 7) is 9.20. The summed E-state index contributed by atoms with van der Waals surface area (Å²) < 4.78 is 3.54. The van der Waals surface area contributed by atoms with Gasteiger partial charge in [-0.15, -0.1) is 0 Å². The van der Waals surface area contributed by atoms with Crippen molar-refractivity contribution in [3.05, 3.63) is 22.6 Å². The highest BCUT2D eigenvalue weighted by atomic mass is 16.1. The number of rotatable bonds is 2. The molecule has 2 aromatic heterocycles. The van der Waals surface area contributed by atoms with Gasteiger partial charge in [0, 0.05) is 38.8 Å². The number of aromatic nitrogens is 3. The fourth-order valence-electron chi connectivity index (χ4n) is 4.04. The average molecular weight is 329 g/mol. The zero-order chi connectivity index (χ0) is 17.1. The number of hydrogen-bond acceptors (Lipinski definition) is 4. The lowest BCUT2D eigenvalue weighted by Crippen LogP contribution is -2.61. The molecule has 2 atom stereocenters. The van der Waals surface area contributed by atoms with Gasteiger partial charge in [0.25, 0.3) is 0 Å². The van der Waals surface area contributed by atoms with Crippen LogP contribution in [0, 0.1) is 5.41 Å². The van der Waals surface area contributed by atoms with E-state index < -0.39 is 0 Å². The predicted molar refractivity (Wildman–Crippen MR) is 96.6 cm³/mol. The molecule has 6 nitrogen and oxygen atoms in total. The number of pyridine rings is 1. The lowest BCUT2D eigenvalue weighted by molar-refractivity contribution is 0.289. The molecular weight excluding hydrogens is 302 g/mol. The molecule has 3 aliphatic heterocycles. The van der Waals surface area contributed by atoms with Crippen molar-refractivity contribution in [1.82, 2.24) is 19.4 Å². The van der Waals surface area contributed by atoms with Gasteiger partial charge in [0.2, 0.25) is 0 Å². The van der Waals surface area contributed by atoms with Gasteiger partial charge in [-0.3, -0.25) is 9.13 Å². The van der Waals surface area contributed by atoms with Crippen molar-refractivity contribution in [2.45, 2.75) is 52.2 Å². The van der Waals surface area contributed by atoms with Crippen molar-refractivity contribution in [1.29, 1.82) is 0 Å². The van der Waals surface area contributed by atoms with Crippen molar-refractivity contribution in [2.75, 3.05) is 18.0 Å². The van der Waals surface area contributed by atoms with Crippen LogP contribution in [0.3, 0.4) is 0 Å². The van der Waals surface area contributed by atoms with Gasteiger partial charge in [-0.2, -0.15) is 0 Å². The highest BCUT2D eigenvalue weighted by Crippen LogP contribution is 2.28.